The van der Waals surface area contributed by atoms with E-state index < -0.39 is 10.8 Å². The number of carbonyl (C=O) groups is 2. The molecule has 2 amide bonds. The number of halogens is 1. The Bertz CT molecular complexity index is 821. The average Bonchev–Trinajstić information content (AvgIpc) is 2.53. The van der Waals surface area contributed by atoms with Crippen molar-refractivity contribution >= 4 is 34.8 Å². The number of rotatable bonds is 4. The van der Waals surface area contributed by atoms with E-state index in [2.05, 4.69) is 5.32 Å². The summed E-state index contributed by atoms with van der Waals surface area (Å²) in [6.45, 7) is 0. The van der Waals surface area contributed by atoms with Gasteiger partial charge < -0.3 is 10.2 Å². The lowest BCUT2D eigenvalue weighted by atomic mass is 10.1. The fourth-order valence-electron chi connectivity index (χ4n) is 2.04. The molecule has 0 unspecified atom stereocenters. The van der Waals surface area contributed by atoms with Gasteiger partial charge in [0.05, 0.1) is 4.92 Å². The Labute approximate surface area is 143 Å². The van der Waals surface area contributed by atoms with E-state index in [4.69, 9.17) is 11.6 Å². The van der Waals surface area contributed by atoms with E-state index in [1.54, 1.807) is 32.3 Å². The van der Waals surface area contributed by atoms with Crippen molar-refractivity contribution in [3.8, 4) is 0 Å². The van der Waals surface area contributed by atoms with E-state index in [9.17, 15) is 19.7 Å². The van der Waals surface area contributed by atoms with Crippen molar-refractivity contribution in [3.05, 3.63) is 68.7 Å². The number of nitrogens with one attached hydrogen (secondary N) is 1. The van der Waals surface area contributed by atoms with E-state index >= 15 is 0 Å². The van der Waals surface area contributed by atoms with Crippen LogP contribution in [-0.2, 0) is 0 Å². The molecule has 124 valence electrons. The van der Waals surface area contributed by atoms with Gasteiger partial charge in [0.1, 0.15) is 5.56 Å². The highest BCUT2D eigenvalue weighted by Gasteiger charge is 2.21. The summed E-state index contributed by atoms with van der Waals surface area (Å²) in [5, 5.41) is 13.8. The Morgan fingerprint density at radius 3 is 2.50 bits per heavy atom. The molecule has 1 N–H and O–H groups in total. The van der Waals surface area contributed by atoms with Crippen LogP contribution in [0.4, 0.5) is 11.4 Å². The lowest BCUT2D eigenvalue weighted by molar-refractivity contribution is -0.385. The molecule has 8 heteroatoms. The van der Waals surface area contributed by atoms with Gasteiger partial charge in [-0.1, -0.05) is 17.7 Å². The monoisotopic (exact) mass is 347 g/mol. The maximum atomic E-state index is 12.3. The summed E-state index contributed by atoms with van der Waals surface area (Å²) in [5.74, 6) is -0.904. The minimum absolute atomic E-state index is 0.156. The molecule has 0 saturated heterocycles. The number of nitrogens with zero attached hydrogens (tertiary/aromatic N) is 2. The fraction of sp³-hybridized carbons (Fsp3) is 0.125. The maximum Gasteiger partial charge on any atom is 0.282 e. The van der Waals surface area contributed by atoms with Crippen molar-refractivity contribution in [1.82, 2.24) is 4.90 Å². The summed E-state index contributed by atoms with van der Waals surface area (Å²) < 4.78 is 0. The summed E-state index contributed by atoms with van der Waals surface area (Å²) in [6, 6.07) is 10.0. The molecule has 0 fully saturated rings. The minimum atomic E-state index is -0.682. The molecule has 0 heterocycles. The molecule has 0 aromatic heterocycles. The predicted molar refractivity (Wildman–Crippen MR) is 90.5 cm³/mol. The number of amides is 2. The van der Waals surface area contributed by atoms with Gasteiger partial charge >= 0.3 is 0 Å². The van der Waals surface area contributed by atoms with E-state index in [0.717, 1.165) is 0 Å². The van der Waals surface area contributed by atoms with Gasteiger partial charge in [-0.05, 0) is 30.3 Å². The SMILES string of the molecule is CN(C)C(=O)c1cccc(NC(=O)c2cc(Cl)ccc2[N+](=O)[O-])c1. The number of nitro benzene ring substituents is 1. The Balaban J connectivity index is 2.31. The molecule has 2 rings (SSSR count). The van der Waals surface area contributed by atoms with Crippen LogP contribution in [0.25, 0.3) is 0 Å². The second-order valence-electron chi connectivity index (χ2n) is 5.15. The van der Waals surface area contributed by atoms with Crippen LogP contribution in [0.1, 0.15) is 20.7 Å². The lowest BCUT2D eigenvalue weighted by Crippen LogP contribution is -2.22. The van der Waals surface area contributed by atoms with Crippen LogP contribution in [-0.4, -0.2) is 35.7 Å². The van der Waals surface area contributed by atoms with Crippen molar-refractivity contribution in [3.63, 3.8) is 0 Å². The zero-order chi connectivity index (χ0) is 17.9. The third-order valence-electron chi connectivity index (χ3n) is 3.17. The van der Waals surface area contributed by atoms with Gasteiger partial charge in [-0.3, -0.25) is 19.7 Å². The van der Waals surface area contributed by atoms with Gasteiger partial charge in [0, 0.05) is 36.4 Å². The highest BCUT2D eigenvalue weighted by molar-refractivity contribution is 6.31. The summed E-state index contributed by atoms with van der Waals surface area (Å²) in [4.78, 5) is 36.1. The zero-order valence-electron chi connectivity index (χ0n) is 12.9. The van der Waals surface area contributed by atoms with Crippen LogP contribution in [0.2, 0.25) is 5.02 Å². The predicted octanol–water partition coefficient (Wildman–Crippen LogP) is 3.20. The highest BCUT2D eigenvalue weighted by Crippen LogP contribution is 2.24. The number of nitro groups is 1. The molecule has 0 aliphatic carbocycles. The van der Waals surface area contributed by atoms with E-state index in [0.29, 0.717) is 11.3 Å². The third-order valence-corrected chi connectivity index (χ3v) is 3.41. The lowest BCUT2D eigenvalue weighted by Gasteiger charge is -2.12. The van der Waals surface area contributed by atoms with Gasteiger partial charge in [0.15, 0.2) is 0 Å². The number of benzene rings is 2. The van der Waals surface area contributed by atoms with E-state index in [1.165, 1.54) is 29.2 Å². The Morgan fingerprint density at radius 2 is 1.88 bits per heavy atom. The zero-order valence-corrected chi connectivity index (χ0v) is 13.7. The molecule has 0 spiro atoms. The van der Waals surface area contributed by atoms with Crippen molar-refractivity contribution in [2.75, 3.05) is 19.4 Å². The largest absolute Gasteiger partial charge is 0.345 e. The molecule has 0 aliphatic heterocycles. The topological polar surface area (TPSA) is 92.6 Å². The number of hydrogen-bond acceptors (Lipinski definition) is 4. The maximum absolute atomic E-state index is 12.3. The summed E-state index contributed by atoms with van der Waals surface area (Å²) >= 11 is 5.82. The first-order chi connectivity index (χ1) is 11.3. The number of anilines is 1. The molecule has 0 aliphatic rings. The fourth-order valence-corrected chi connectivity index (χ4v) is 2.21. The van der Waals surface area contributed by atoms with Crippen molar-refractivity contribution < 1.29 is 14.5 Å². The van der Waals surface area contributed by atoms with Crippen LogP contribution in [0, 0.1) is 10.1 Å². The van der Waals surface area contributed by atoms with Crippen LogP contribution >= 0.6 is 11.6 Å². The van der Waals surface area contributed by atoms with Crippen molar-refractivity contribution in [2.24, 2.45) is 0 Å². The van der Waals surface area contributed by atoms with Crippen LogP contribution in [0.5, 0.6) is 0 Å². The van der Waals surface area contributed by atoms with Gasteiger partial charge in [-0.15, -0.1) is 0 Å². The molecule has 7 nitrogen and oxygen atoms in total. The average molecular weight is 348 g/mol. The minimum Gasteiger partial charge on any atom is -0.345 e. The van der Waals surface area contributed by atoms with Crippen LogP contribution in [0.15, 0.2) is 42.5 Å². The number of carbonyl (C=O) groups excluding carboxylic acids is 2. The highest BCUT2D eigenvalue weighted by atomic mass is 35.5. The Morgan fingerprint density at radius 1 is 1.17 bits per heavy atom. The van der Waals surface area contributed by atoms with Gasteiger partial charge in [0.2, 0.25) is 0 Å². The van der Waals surface area contributed by atoms with Gasteiger partial charge in [-0.25, -0.2) is 0 Å². The molecule has 0 radical (unpaired) electrons. The summed E-state index contributed by atoms with van der Waals surface area (Å²) in [6.07, 6.45) is 0. The van der Waals surface area contributed by atoms with Crippen LogP contribution < -0.4 is 5.32 Å². The molecule has 2 aromatic carbocycles. The molecular formula is C16H14ClN3O4. The molecular weight excluding hydrogens is 334 g/mol. The first kappa shape index (κ1) is 17.4. The normalized spacial score (nSPS) is 10.1. The van der Waals surface area contributed by atoms with Crippen molar-refractivity contribution in [2.45, 2.75) is 0 Å². The van der Waals surface area contributed by atoms with Gasteiger partial charge in [-0.2, -0.15) is 0 Å². The summed E-state index contributed by atoms with van der Waals surface area (Å²) in [7, 11) is 3.23. The Kier molecular flexibility index (Phi) is 5.15. The quantitative estimate of drug-likeness (QED) is 0.679. The third kappa shape index (κ3) is 3.88. The standard InChI is InChI=1S/C16H14ClN3O4/c1-19(2)16(22)10-4-3-5-12(8-10)18-15(21)13-9-11(17)6-7-14(13)20(23)24/h3-9H,1-2H3,(H,18,21). The molecule has 2 aromatic rings. The van der Waals surface area contributed by atoms with Gasteiger partial charge in [0.25, 0.3) is 17.5 Å². The van der Waals surface area contributed by atoms with Crippen LogP contribution in [0.3, 0.4) is 0 Å². The smallest absolute Gasteiger partial charge is 0.282 e. The first-order valence-corrected chi connectivity index (χ1v) is 7.24. The molecule has 24 heavy (non-hydrogen) atoms. The van der Waals surface area contributed by atoms with E-state index in [1.807, 2.05) is 0 Å². The second kappa shape index (κ2) is 7.10. The molecule has 0 bridgehead atoms. The van der Waals surface area contributed by atoms with E-state index in [-0.39, 0.29) is 22.2 Å². The second-order valence-corrected chi connectivity index (χ2v) is 5.59. The first-order valence-electron chi connectivity index (χ1n) is 6.86. The summed E-state index contributed by atoms with van der Waals surface area (Å²) in [5.41, 5.74) is 0.231. The van der Waals surface area contributed by atoms with Crippen molar-refractivity contribution in [1.29, 1.82) is 0 Å². The number of hydrogen-bond donors (Lipinski definition) is 1. The Hall–Kier alpha value is -2.93. The molecule has 0 saturated carbocycles. The molecule has 0 atom stereocenters.